The fourth-order valence-electron chi connectivity index (χ4n) is 3.82. The minimum Gasteiger partial charge on any atom is -0.464 e. The number of carbonyl (C=O) groups excluding carboxylic acids is 3. The lowest BCUT2D eigenvalue weighted by Crippen LogP contribution is -2.55. The van der Waals surface area contributed by atoms with E-state index in [2.05, 4.69) is 16.0 Å². The number of nitrogens with one attached hydrogen (secondary N) is 3. The molecular weight excluding hydrogens is 360 g/mol. The van der Waals surface area contributed by atoms with E-state index < -0.39 is 6.04 Å². The van der Waals surface area contributed by atoms with E-state index >= 15 is 0 Å². The molecule has 8 heteroatoms. The molecule has 1 aromatic carbocycles. The highest BCUT2D eigenvalue weighted by Gasteiger charge is 2.40. The minimum atomic E-state index is -0.611. The van der Waals surface area contributed by atoms with E-state index in [9.17, 15) is 14.4 Å². The Morgan fingerprint density at radius 3 is 2.93 bits per heavy atom. The number of amides is 3. The topological polar surface area (TPSA) is 104 Å². The molecule has 0 bridgehead atoms. The van der Waals surface area contributed by atoms with Crippen molar-refractivity contribution in [2.75, 3.05) is 25.5 Å². The Hall–Kier alpha value is -3.13. The van der Waals surface area contributed by atoms with E-state index in [1.807, 2.05) is 12.1 Å². The van der Waals surface area contributed by atoms with Gasteiger partial charge in [0.05, 0.1) is 24.1 Å². The van der Waals surface area contributed by atoms with E-state index in [4.69, 9.17) is 4.42 Å². The number of hydrogen-bond donors (Lipinski definition) is 3. The first kappa shape index (κ1) is 18.2. The molecule has 28 heavy (non-hydrogen) atoms. The number of fused-ring (bicyclic) bond motifs is 2. The minimum absolute atomic E-state index is 0.118. The third kappa shape index (κ3) is 3.38. The lowest BCUT2D eigenvalue weighted by atomic mass is 9.96. The van der Waals surface area contributed by atoms with Crippen LogP contribution in [0.25, 0.3) is 11.3 Å². The first-order valence-electron chi connectivity index (χ1n) is 9.30. The van der Waals surface area contributed by atoms with Crippen molar-refractivity contribution in [3.8, 4) is 11.3 Å². The molecule has 8 nitrogen and oxygen atoms in total. The molecule has 0 radical (unpaired) electrons. The molecule has 0 spiro atoms. The molecule has 3 N–H and O–H groups in total. The van der Waals surface area contributed by atoms with Crippen LogP contribution in [0.1, 0.15) is 23.2 Å². The summed E-state index contributed by atoms with van der Waals surface area (Å²) in [5.74, 6) is 0.124. The molecule has 0 saturated carbocycles. The molecule has 2 aromatic rings. The van der Waals surface area contributed by atoms with E-state index in [0.29, 0.717) is 36.4 Å². The van der Waals surface area contributed by atoms with Gasteiger partial charge in [-0.2, -0.15) is 0 Å². The predicted octanol–water partition coefficient (Wildman–Crippen LogP) is 1.21. The van der Waals surface area contributed by atoms with Gasteiger partial charge in [-0.25, -0.2) is 0 Å². The number of nitrogens with zero attached hydrogens (tertiary/aromatic N) is 1. The molecule has 1 aromatic heterocycles. The molecule has 146 valence electrons. The first-order chi connectivity index (χ1) is 13.6. The summed E-state index contributed by atoms with van der Waals surface area (Å²) in [5.41, 5.74) is 1.72. The maximum absolute atomic E-state index is 13.2. The number of furan rings is 1. The normalized spacial score (nSPS) is 21.4. The van der Waals surface area contributed by atoms with Crippen LogP contribution in [0, 0.1) is 0 Å². The SMILES string of the molecule is CNCC(=O)NC1CCN2C(=O)c3cc(-c4ccco4)ccc3NC(=O)C2C1. The van der Waals surface area contributed by atoms with Crippen molar-refractivity contribution in [1.82, 2.24) is 15.5 Å². The average Bonchev–Trinajstić information content (AvgIpc) is 3.19. The largest absolute Gasteiger partial charge is 0.464 e. The van der Waals surface area contributed by atoms with Crippen molar-refractivity contribution < 1.29 is 18.8 Å². The number of hydrogen-bond acceptors (Lipinski definition) is 5. The van der Waals surface area contributed by atoms with Crippen LogP contribution in [0.5, 0.6) is 0 Å². The molecule has 1 saturated heterocycles. The van der Waals surface area contributed by atoms with Crippen LogP contribution in [0.3, 0.4) is 0 Å². The smallest absolute Gasteiger partial charge is 0.256 e. The van der Waals surface area contributed by atoms with E-state index in [-0.39, 0.29) is 30.3 Å². The Morgan fingerprint density at radius 2 is 2.18 bits per heavy atom. The second-order valence-electron chi connectivity index (χ2n) is 7.06. The fraction of sp³-hybridized carbons (Fsp3) is 0.350. The van der Waals surface area contributed by atoms with Crippen molar-refractivity contribution in [2.24, 2.45) is 0 Å². The third-order valence-corrected chi connectivity index (χ3v) is 5.18. The van der Waals surface area contributed by atoms with E-state index in [1.54, 1.807) is 36.4 Å². The van der Waals surface area contributed by atoms with Gasteiger partial charge in [-0.05, 0) is 50.2 Å². The number of likely N-dealkylation sites (N-methyl/N-ethyl adjacent to an activating group) is 1. The number of piperidine rings is 1. The Morgan fingerprint density at radius 1 is 1.32 bits per heavy atom. The van der Waals surface area contributed by atoms with Gasteiger partial charge in [0.15, 0.2) is 0 Å². The lowest BCUT2D eigenvalue weighted by Gasteiger charge is -2.37. The Kier molecular flexibility index (Phi) is 4.87. The molecule has 1 fully saturated rings. The van der Waals surface area contributed by atoms with Crippen LogP contribution in [0.2, 0.25) is 0 Å². The number of anilines is 1. The Balaban J connectivity index is 1.58. The molecule has 4 rings (SSSR count). The molecule has 3 heterocycles. The summed E-state index contributed by atoms with van der Waals surface area (Å²) in [7, 11) is 1.70. The number of rotatable bonds is 4. The summed E-state index contributed by atoms with van der Waals surface area (Å²) in [4.78, 5) is 39.4. The third-order valence-electron chi connectivity index (χ3n) is 5.18. The summed E-state index contributed by atoms with van der Waals surface area (Å²) >= 11 is 0. The molecule has 2 aliphatic rings. The lowest BCUT2D eigenvalue weighted by molar-refractivity contribution is -0.124. The van der Waals surface area contributed by atoms with Gasteiger partial charge in [0.1, 0.15) is 11.8 Å². The summed E-state index contributed by atoms with van der Waals surface area (Å²) in [6.45, 7) is 0.628. The van der Waals surface area contributed by atoms with Crippen molar-refractivity contribution in [3.05, 3.63) is 42.2 Å². The van der Waals surface area contributed by atoms with Gasteiger partial charge in [-0.15, -0.1) is 0 Å². The van der Waals surface area contributed by atoms with Crippen LogP contribution < -0.4 is 16.0 Å². The average molecular weight is 382 g/mol. The van der Waals surface area contributed by atoms with Crippen molar-refractivity contribution in [1.29, 1.82) is 0 Å². The maximum atomic E-state index is 13.2. The second-order valence-corrected chi connectivity index (χ2v) is 7.06. The molecule has 2 unspecified atom stereocenters. The van der Waals surface area contributed by atoms with Crippen LogP contribution in [0.4, 0.5) is 5.69 Å². The summed E-state index contributed by atoms with van der Waals surface area (Å²) in [6, 6.07) is 8.16. The highest BCUT2D eigenvalue weighted by molar-refractivity contribution is 6.10. The highest BCUT2D eigenvalue weighted by Crippen LogP contribution is 2.31. The zero-order valence-electron chi connectivity index (χ0n) is 15.5. The second kappa shape index (κ2) is 7.47. The fourth-order valence-corrected chi connectivity index (χ4v) is 3.82. The van der Waals surface area contributed by atoms with Crippen molar-refractivity contribution in [3.63, 3.8) is 0 Å². The van der Waals surface area contributed by atoms with Crippen molar-refractivity contribution in [2.45, 2.75) is 24.9 Å². The summed E-state index contributed by atoms with van der Waals surface area (Å²) < 4.78 is 5.42. The standard InChI is InChI=1S/C20H22N4O4/c1-21-11-18(25)22-13-6-7-24-16(10-13)19(26)23-15-5-4-12(9-14(15)20(24)27)17-3-2-8-28-17/h2-5,8-9,13,16,21H,6-7,10-11H2,1H3,(H,22,25)(H,23,26). The van der Waals surface area contributed by atoms with Gasteiger partial charge < -0.3 is 25.3 Å². The van der Waals surface area contributed by atoms with Crippen LogP contribution in [-0.4, -0.2) is 54.8 Å². The van der Waals surface area contributed by atoms with Crippen LogP contribution >= 0.6 is 0 Å². The Labute approximate surface area is 162 Å². The molecule has 2 atom stereocenters. The Bertz CT molecular complexity index is 909. The quantitative estimate of drug-likeness (QED) is 0.737. The van der Waals surface area contributed by atoms with Gasteiger partial charge in [-0.3, -0.25) is 14.4 Å². The van der Waals surface area contributed by atoms with Crippen LogP contribution in [0.15, 0.2) is 41.0 Å². The van der Waals surface area contributed by atoms with Gasteiger partial charge >= 0.3 is 0 Å². The van der Waals surface area contributed by atoms with Gasteiger partial charge in [-0.1, -0.05) is 0 Å². The molecule has 2 aliphatic heterocycles. The molecular formula is C20H22N4O4. The zero-order valence-corrected chi connectivity index (χ0v) is 15.5. The number of benzene rings is 1. The monoisotopic (exact) mass is 382 g/mol. The number of carbonyl (C=O) groups is 3. The molecule has 3 amide bonds. The van der Waals surface area contributed by atoms with E-state index in [0.717, 1.165) is 5.56 Å². The van der Waals surface area contributed by atoms with Gasteiger partial charge in [0, 0.05) is 18.2 Å². The zero-order chi connectivity index (χ0) is 19.7. The maximum Gasteiger partial charge on any atom is 0.256 e. The van der Waals surface area contributed by atoms with Gasteiger partial charge in [0.2, 0.25) is 11.8 Å². The molecule has 0 aliphatic carbocycles. The highest BCUT2D eigenvalue weighted by atomic mass is 16.3. The van der Waals surface area contributed by atoms with Crippen LogP contribution in [-0.2, 0) is 9.59 Å². The van der Waals surface area contributed by atoms with Crippen molar-refractivity contribution >= 4 is 23.4 Å². The van der Waals surface area contributed by atoms with Gasteiger partial charge in [0.25, 0.3) is 5.91 Å². The first-order valence-corrected chi connectivity index (χ1v) is 9.30. The van der Waals surface area contributed by atoms with E-state index in [1.165, 1.54) is 0 Å². The predicted molar refractivity (Wildman–Crippen MR) is 103 cm³/mol. The summed E-state index contributed by atoms with van der Waals surface area (Å²) in [5, 5.41) is 8.60. The summed E-state index contributed by atoms with van der Waals surface area (Å²) in [6.07, 6.45) is 2.58.